The molecule has 0 aromatic carbocycles. The van der Waals surface area contributed by atoms with E-state index in [1.807, 2.05) is 0 Å². The van der Waals surface area contributed by atoms with Crippen LogP contribution < -0.4 is 11.1 Å². The summed E-state index contributed by atoms with van der Waals surface area (Å²) < 4.78 is 0. The van der Waals surface area contributed by atoms with Crippen molar-refractivity contribution in [2.24, 2.45) is 11.7 Å². The Morgan fingerprint density at radius 3 is 2.27 bits per heavy atom. The SMILES string of the molecule is NCCCCNCCCCC1C=CC=C1. The zero-order chi connectivity index (χ0) is 10.8. The minimum absolute atomic E-state index is 0.710. The second kappa shape index (κ2) is 8.69. The Morgan fingerprint density at radius 1 is 0.933 bits per heavy atom. The van der Waals surface area contributed by atoms with Gasteiger partial charge >= 0.3 is 0 Å². The standard InChI is InChI=1S/C13H24N2/c14-10-4-6-12-15-11-5-3-9-13-7-1-2-8-13/h1-2,7-8,13,15H,3-6,9-12,14H2. The molecule has 0 aromatic heterocycles. The molecule has 0 aliphatic heterocycles. The molecule has 1 aliphatic carbocycles. The molecule has 0 saturated heterocycles. The van der Waals surface area contributed by atoms with Crippen LogP contribution in [0.15, 0.2) is 24.3 Å². The topological polar surface area (TPSA) is 38.0 Å². The normalized spacial score (nSPS) is 15.3. The smallest absolute Gasteiger partial charge is 0.00473 e. The van der Waals surface area contributed by atoms with E-state index in [1.54, 1.807) is 0 Å². The summed E-state index contributed by atoms with van der Waals surface area (Å²) in [6.07, 6.45) is 15.1. The number of nitrogens with one attached hydrogen (secondary N) is 1. The maximum absolute atomic E-state index is 5.42. The summed E-state index contributed by atoms with van der Waals surface area (Å²) in [5, 5.41) is 3.45. The Hall–Kier alpha value is -0.600. The first-order chi connectivity index (χ1) is 7.43. The fourth-order valence-electron chi connectivity index (χ4n) is 1.82. The molecule has 0 saturated carbocycles. The van der Waals surface area contributed by atoms with Gasteiger partial charge in [-0.05, 0) is 51.2 Å². The molecule has 0 aromatic rings. The van der Waals surface area contributed by atoms with Crippen LogP contribution in [0.3, 0.4) is 0 Å². The van der Waals surface area contributed by atoms with E-state index in [0.717, 1.165) is 26.1 Å². The molecular formula is C13H24N2. The molecule has 0 amide bonds. The third kappa shape index (κ3) is 6.47. The molecule has 0 radical (unpaired) electrons. The number of hydrogen-bond donors (Lipinski definition) is 2. The molecular weight excluding hydrogens is 184 g/mol. The Morgan fingerprint density at radius 2 is 1.60 bits per heavy atom. The van der Waals surface area contributed by atoms with Crippen LogP contribution in [0.1, 0.15) is 32.1 Å². The van der Waals surface area contributed by atoms with Gasteiger partial charge < -0.3 is 11.1 Å². The Balaban J connectivity index is 1.77. The van der Waals surface area contributed by atoms with Gasteiger partial charge in [0.15, 0.2) is 0 Å². The molecule has 0 fully saturated rings. The van der Waals surface area contributed by atoms with Crippen molar-refractivity contribution >= 4 is 0 Å². The lowest BCUT2D eigenvalue weighted by molar-refractivity contribution is 0.562. The molecule has 2 heteroatoms. The van der Waals surface area contributed by atoms with Crippen molar-refractivity contribution in [2.45, 2.75) is 32.1 Å². The number of hydrogen-bond acceptors (Lipinski definition) is 2. The molecule has 0 bridgehead atoms. The lowest BCUT2D eigenvalue weighted by Gasteiger charge is -2.06. The summed E-state index contributed by atoms with van der Waals surface area (Å²) in [7, 11) is 0. The predicted molar refractivity (Wildman–Crippen MR) is 66.8 cm³/mol. The quantitative estimate of drug-likeness (QED) is 0.570. The highest BCUT2D eigenvalue weighted by Gasteiger charge is 2.02. The molecule has 0 unspecified atom stereocenters. The highest BCUT2D eigenvalue weighted by atomic mass is 14.8. The van der Waals surface area contributed by atoms with Crippen molar-refractivity contribution in [1.82, 2.24) is 5.32 Å². The fraction of sp³-hybridized carbons (Fsp3) is 0.692. The third-order valence-corrected chi connectivity index (χ3v) is 2.78. The first-order valence-corrected chi connectivity index (χ1v) is 6.19. The molecule has 0 atom stereocenters. The molecule has 1 aliphatic rings. The van der Waals surface area contributed by atoms with Crippen molar-refractivity contribution in [2.75, 3.05) is 19.6 Å². The van der Waals surface area contributed by atoms with Crippen LogP contribution in [0.2, 0.25) is 0 Å². The van der Waals surface area contributed by atoms with Gasteiger partial charge in [-0.2, -0.15) is 0 Å². The van der Waals surface area contributed by atoms with Crippen molar-refractivity contribution in [3.05, 3.63) is 24.3 Å². The van der Waals surface area contributed by atoms with Crippen molar-refractivity contribution < 1.29 is 0 Å². The number of allylic oxidation sites excluding steroid dienone is 4. The van der Waals surface area contributed by atoms with E-state index in [-0.39, 0.29) is 0 Å². The lowest BCUT2D eigenvalue weighted by Crippen LogP contribution is -2.17. The van der Waals surface area contributed by atoms with E-state index in [9.17, 15) is 0 Å². The first-order valence-electron chi connectivity index (χ1n) is 6.19. The highest BCUT2D eigenvalue weighted by Crippen LogP contribution is 2.15. The third-order valence-electron chi connectivity index (χ3n) is 2.78. The first kappa shape index (κ1) is 12.5. The summed E-state index contributed by atoms with van der Waals surface area (Å²) >= 11 is 0. The maximum atomic E-state index is 5.42. The van der Waals surface area contributed by atoms with E-state index in [1.165, 1.54) is 25.7 Å². The second-order valence-electron chi connectivity index (χ2n) is 4.18. The summed E-state index contributed by atoms with van der Waals surface area (Å²) in [4.78, 5) is 0. The van der Waals surface area contributed by atoms with E-state index in [2.05, 4.69) is 29.6 Å². The van der Waals surface area contributed by atoms with Gasteiger partial charge in [-0.1, -0.05) is 30.7 Å². The molecule has 0 spiro atoms. The lowest BCUT2D eigenvalue weighted by atomic mass is 10.0. The maximum Gasteiger partial charge on any atom is -0.00473 e. The molecule has 2 nitrogen and oxygen atoms in total. The zero-order valence-electron chi connectivity index (χ0n) is 9.62. The number of nitrogens with two attached hydrogens (primary N) is 1. The van der Waals surface area contributed by atoms with Gasteiger partial charge in [0.2, 0.25) is 0 Å². The summed E-state index contributed by atoms with van der Waals surface area (Å²) in [5.74, 6) is 0.710. The average Bonchev–Trinajstić information content (AvgIpc) is 2.75. The fourth-order valence-corrected chi connectivity index (χ4v) is 1.82. The van der Waals surface area contributed by atoms with Crippen LogP contribution in [0.25, 0.3) is 0 Å². The van der Waals surface area contributed by atoms with Gasteiger partial charge in [-0.15, -0.1) is 0 Å². The predicted octanol–water partition coefficient (Wildman–Crippen LogP) is 2.23. The minimum atomic E-state index is 0.710. The van der Waals surface area contributed by atoms with Gasteiger partial charge in [0.25, 0.3) is 0 Å². The highest BCUT2D eigenvalue weighted by molar-refractivity contribution is 5.17. The molecule has 1 rings (SSSR count). The number of rotatable bonds is 9. The Bertz CT molecular complexity index is 185. The van der Waals surface area contributed by atoms with E-state index >= 15 is 0 Å². The molecule has 86 valence electrons. The molecule has 3 N–H and O–H groups in total. The average molecular weight is 208 g/mol. The van der Waals surface area contributed by atoms with Crippen molar-refractivity contribution in [3.8, 4) is 0 Å². The van der Waals surface area contributed by atoms with Crippen LogP contribution in [0, 0.1) is 5.92 Å². The van der Waals surface area contributed by atoms with Crippen LogP contribution in [-0.2, 0) is 0 Å². The Labute approximate surface area is 93.6 Å². The minimum Gasteiger partial charge on any atom is -0.330 e. The van der Waals surface area contributed by atoms with E-state index in [4.69, 9.17) is 5.73 Å². The van der Waals surface area contributed by atoms with Gasteiger partial charge in [0.1, 0.15) is 0 Å². The van der Waals surface area contributed by atoms with Gasteiger partial charge in [0, 0.05) is 0 Å². The van der Waals surface area contributed by atoms with Crippen LogP contribution >= 0.6 is 0 Å². The Kier molecular flexibility index (Phi) is 7.22. The molecule has 15 heavy (non-hydrogen) atoms. The zero-order valence-corrected chi connectivity index (χ0v) is 9.62. The summed E-state index contributed by atoms with van der Waals surface area (Å²) in [6.45, 7) is 3.10. The van der Waals surface area contributed by atoms with Crippen LogP contribution in [0.5, 0.6) is 0 Å². The summed E-state index contributed by atoms with van der Waals surface area (Å²) in [5.41, 5.74) is 5.42. The van der Waals surface area contributed by atoms with Gasteiger partial charge in [-0.25, -0.2) is 0 Å². The van der Waals surface area contributed by atoms with Crippen molar-refractivity contribution in [1.29, 1.82) is 0 Å². The monoisotopic (exact) mass is 208 g/mol. The largest absolute Gasteiger partial charge is 0.330 e. The second-order valence-corrected chi connectivity index (χ2v) is 4.18. The van der Waals surface area contributed by atoms with Gasteiger partial charge in [0.05, 0.1) is 0 Å². The van der Waals surface area contributed by atoms with Crippen LogP contribution in [-0.4, -0.2) is 19.6 Å². The summed E-state index contributed by atoms with van der Waals surface area (Å²) in [6, 6.07) is 0. The van der Waals surface area contributed by atoms with E-state index < -0.39 is 0 Å². The number of unbranched alkanes of at least 4 members (excludes halogenated alkanes) is 2. The van der Waals surface area contributed by atoms with E-state index in [0.29, 0.717) is 5.92 Å². The van der Waals surface area contributed by atoms with Gasteiger partial charge in [-0.3, -0.25) is 0 Å². The molecule has 0 heterocycles. The van der Waals surface area contributed by atoms with Crippen LogP contribution in [0.4, 0.5) is 0 Å². The van der Waals surface area contributed by atoms with Crippen molar-refractivity contribution in [3.63, 3.8) is 0 Å².